The van der Waals surface area contributed by atoms with Crippen LogP contribution in [-0.4, -0.2) is 27.9 Å². The molecule has 0 aromatic carbocycles. The number of aromatic nitrogens is 3. The summed E-state index contributed by atoms with van der Waals surface area (Å²) in [4.78, 5) is 0. The summed E-state index contributed by atoms with van der Waals surface area (Å²) in [6.07, 6.45) is 3.59. The Morgan fingerprint density at radius 3 is 2.86 bits per heavy atom. The summed E-state index contributed by atoms with van der Waals surface area (Å²) in [5.74, 6) is 2.21. The highest BCUT2D eigenvalue weighted by atomic mass is 15.3. The van der Waals surface area contributed by atoms with E-state index in [1.54, 1.807) is 0 Å². The molecule has 0 saturated heterocycles. The van der Waals surface area contributed by atoms with Crippen molar-refractivity contribution in [2.75, 3.05) is 13.1 Å². The van der Waals surface area contributed by atoms with Crippen molar-refractivity contribution < 1.29 is 0 Å². The smallest absolute Gasteiger partial charge is 0.134 e. The van der Waals surface area contributed by atoms with E-state index < -0.39 is 0 Å². The summed E-state index contributed by atoms with van der Waals surface area (Å²) < 4.78 is 2.30. The third-order valence-electron chi connectivity index (χ3n) is 2.62. The van der Waals surface area contributed by atoms with Crippen LogP contribution in [0.5, 0.6) is 0 Å². The van der Waals surface area contributed by atoms with Crippen molar-refractivity contribution in [3.8, 4) is 0 Å². The first-order valence-electron chi connectivity index (χ1n) is 5.44. The molecule has 14 heavy (non-hydrogen) atoms. The van der Waals surface area contributed by atoms with E-state index in [4.69, 9.17) is 0 Å². The Labute approximate surface area is 84.7 Å². The molecule has 1 aliphatic rings. The Balaban J connectivity index is 2.01. The topological polar surface area (TPSA) is 42.7 Å². The van der Waals surface area contributed by atoms with Gasteiger partial charge in [-0.2, -0.15) is 0 Å². The molecule has 1 aromatic heterocycles. The first-order valence-corrected chi connectivity index (χ1v) is 5.44. The van der Waals surface area contributed by atoms with Gasteiger partial charge in [0.2, 0.25) is 0 Å². The van der Waals surface area contributed by atoms with Crippen molar-refractivity contribution in [3.05, 3.63) is 11.6 Å². The molecule has 1 aromatic rings. The molecule has 2 rings (SSSR count). The highest BCUT2D eigenvalue weighted by Gasteiger charge is 2.27. The Morgan fingerprint density at radius 1 is 1.43 bits per heavy atom. The molecule has 0 amide bonds. The lowest BCUT2D eigenvalue weighted by atomic mass is 10.4. The molecular formula is C10H18N4. The second-order valence-corrected chi connectivity index (χ2v) is 3.87. The van der Waals surface area contributed by atoms with Crippen LogP contribution in [0, 0.1) is 6.92 Å². The SMILES string of the molecule is CCNCCc1nnc(C)n1C1CC1. The molecule has 0 spiro atoms. The molecule has 1 heterocycles. The van der Waals surface area contributed by atoms with E-state index in [2.05, 4.69) is 27.0 Å². The van der Waals surface area contributed by atoms with Gasteiger partial charge in [0, 0.05) is 19.0 Å². The summed E-state index contributed by atoms with van der Waals surface area (Å²) in [5.41, 5.74) is 0. The summed E-state index contributed by atoms with van der Waals surface area (Å²) in [5, 5.41) is 11.7. The van der Waals surface area contributed by atoms with E-state index >= 15 is 0 Å². The van der Waals surface area contributed by atoms with E-state index in [1.807, 2.05) is 6.92 Å². The van der Waals surface area contributed by atoms with E-state index in [1.165, 1.54) is 12.8 Å². The van der Waals surface area contributed by atoms with Crippen LogP contribution in [0.3, 0.4) is 0 Å². The van der Waals surface area contributed by atoms with Crippen LogP contribution in [-0.2, 0) is 6.42 Å². The molecule has 0 unspecified atom stereocenters. The van der Waals surface area contributed by atoms with Crippen LogP contribution in [0.15, 0.2) is 0 Å². The van der Waals surface area contributed by atoms with Gasteiger partial charge in [-0.25, -0.2) is 0 Å². The Morgan fingerprint density at radius 2 is 2.21 bits per heavy atom. The second kappa shape index (κ2) is 4.09. The van der Waals surface area contributed by atoms with E-state index in [0.29, 0.717) is 6.04 Å². The zero-order valence-corrected chi connectivity index (χ0v) is 8.95. The van der Waals surface area contributed by atoms with Gasteiger partial charge in [0.25, 0.3) is 0 Å². The minimum atomic E-state index is 0.696. The summed E-state index contributed by atoms with van der Waals surface area (Å²) in [6, 6.07) is 0.696. The Kier molecular flexibility index (Phi) is 2.82. The van der Waals surface area contributed by atoms with Gasteiger partial charge >= 0.3 is 0 Å². The lowest BCUT2D eigenvalue weighted by Gasteiger charge is -2.06. The first-order chi connectivity index (χ1) is 6.83. The first kappa shape index (κ1) is 9.65. The standard InChI is InChI=1S/C10H18N4/c1-3-11-7-6-10-13-12-8(2)14(10)9-4-5-9/h9,11H,3-7H2,1-2H3. The average molecular weight is 194 g/mol. The largest absolute Gasteiger partial charge is 0.317 e. The lowest BCUT2D eigenvalue weighted by Crippen LogP contribution is -2.18. The molecule has 0 bridgehead atoms. The van der Waals surface area contributed by atoms with Gasteiger partial charge in [-0.1, -0.05) is 6.92 Å². The molecule has 1 saturated carbocycles. The van der Waals surface area contributed by atoms with Crippen molar-refractivity contribution in [1.29, 1.82) is 0 Å². The number of aryl methyl sites for hydroxylation is 1. The van der Waals surface area contributed by atoms with Gasteiger partial charge in [0.15, 0.2) is 0 Å². The predicted molar refractivity (Wildman–Crippen MR) is 55.3 cm³/mol. The maximum absolute atomic E-state index is 4.22. The molecule has 0 radical (unpaired) electrons. The van der Waals surface area contributed by atoms with Crippen LogP contribution in [0.2, 0.25) is 0 Å². The number of nitrogens with zero attached hydrogens (tertiary/aromatic N) is 3. The fraction of sp³-hybridized carbons (Fsp3) is 0.800. The van der Waals surface area contributed by atoms with Gasteiger partial charge < -0.3 is 9.88 Å². The summed E-state index contributed by atoms with van der Waals surface area (Å²) >= 11 is 0. The third kappa shape index (κ3) is 1.95. The minimum Gasteiger partial charge on any atom is -0.317 e. The number of nitrogens with one attached hydrogen (secondary N) is 1. The molecule has 0 atom stereocenters. The van der Waals surface area contributed by atoms with Crippen LogP contribution < -0.4 is 5.32 Å². The molecule has 1 aliphatic carbocycles. The molecule has 78 valence electrons. The predicted octanol–water partition coefficient (Wildman–Crippen LogP) is 1.07. The van der Waals surface area contributed by atoms with Gasteiger partial charge in [0.1, 0.15) is 11.6 Å². The number of hydrogen-bond acceptors (Lipinski definition) is 3. The third-order valence-corrected chi connectivity index (χ3v) is 2.62. The molecule has 0 aliphatic heterocycles. The second-order valence-electron chi connectivity index (χ2n) is 3.87. The Bertz CT molecular complexity index is 301. The van der Waals surface area contributed by atoms with Crippen molar-refractivity contribution in [1.82, 2.24) is 20.1 Å². The van der Waals surface area contributed by atoms with Crippen molar-refractivity contribution in [2.24, 2.45) is 0 Å². The van der Waals surface area contributed by atoms with Crippen molar-refractivity contribution in [3.63, 3.8) is 0 Å². The Hall–Kier alpha value is -0.900. The highest BCUT2D eigenvalue weighted by Crippen LogP contribution is 2.36. The monoisotopic (exact) mass is 194 g/mol. The quantitative estimate of drug-likeness (QED) is 0.713. The number of likely N-dealkylation sites (N-methyl/N-ethyl adjacent to an activating group) is 1. The lowest BCUT2D eigenvalue weighted by molar-refractivity contribution is 0.628. The van der Waals surface area contributed by atoms with E-state index in [9.17, 15) is 0 Å². The maximum Gasteiger partial charge on any atom is 0.134 e. The zero-order chi connectivity index (χ0) is 9.97. The van der Waals surface area contributed by atoms with Gasteiger partial charge in [-0.3, -0.25) is 0 Å². The zero-order valence-electron chi connectivity index (χ0n) is 8.95. The molecule has 4 nitrogen and oxygen atoms in total. The fourth-order valence-electron chi connectivity index (χ4n) is 1.77. The molecule has 1 N–H and O–H groups in total. The summed E-state index contributed by atoms with van der Waals surface area (Å²) in [6.45, 7) is 6.19. The molecule has 1 fully saturated rings. The maximum atomic E-state index is 4.22. The molecule has 4 heteroatoms. The van der Waals surface area contributed by atoms with Crippen molar-refractivity contribution >= 4 is 0 Å². The number of rotatable bonds is 5. The number of hydrogen-bond donors (Lipinski definition) is 1. The van der Waals surface area contributed by atoms with Crippen LogP contribution in [0.1, 0.15) is 37.5 Å². The van der Waals surface area contributed by atoms with Gasteiger partial charge in [-0.15, -0.1) is 10.2 Å². The van der Waals surface area contributed by atoms with E-state index in [-0.39, 0.29) is 0 Å². The van der Waals surface area contributed by atoms with Crippen LogP contribution in [0.4, 0.5) is 0 Å². The van der Waals surface area contributed by atoms with E-state index in [0.717, 1.165) is 31.2 Å². The summed E-state index contributed by atoms with van der Waals surface area (Å²) in [7, 11) is 0. The van der Waals surface area contributed by atoms with Crippen LogP contribution >= 0.6 is 0 Å². The fourth-order valence-corrected chi connectivity index (χ4v) is 1.77. The van der Waals surface area contributed by atoms with Gasteiger partial charge in [0.05, 0.1) is 0 Å². The average Bonchev–Trinajstić information content (AvgIpc) is 2.93. The normalized spacial score (nSPS) is 16.1. The molecular weight excluding hydrogens is 176 g/mol. The van der Waals surface area contributed by atoms with Crippen LogP contribution in [0.25, 0.3) is 0 Å². The minimum absolute atomic E-state index is 0.696. The van der Waals surface area contributed by atoms with Gasteiger partial charge in [-0.05, 0) is 26.3 Å². The van der Waals surface area contributed by atoms with Crippen molar-refractivity contribution in [2.45, 2.75) is 39.2 Å². The highest BCUT2D eigenvalue weighted by molar-refractivity contribution is 5.01.